The first-order valence-corrected chi connectivity index (χ1v) is 7.52. The maximum atomic E-state index is 11.4. The minimum Gasteiger partial charge on any atom is -0.382 e. The molecule has 0 fully saturated rings. The maximum Gasteiger partial charge on any atom is 0.312 e. The van der Waals surface area contributed by atoms with Gasteiger partial charge in [-0.25, -0.2) is 0 Å². The first-order valence-electron chi connectivity index (χ1n) is 5.94. The van der Waals surface area contributed by atoms with Crippen LogP contribution >= 0.6 is 0 Å². The van der Waals surface area contributed by atoms with Crippen molar-refractivity contribution < 1.29 is 12.6 Å². The lowest BCUT2D eigenvalue weighted by atomic mass is 9.82. The Labute approximate surface area is 110 Å². The van der Waals surface area contributed by atoms with E-state index in [0.29, 0.717) is 5.75 Å². The van der Waals surface area contributed by atoms with Gasteiger partial charge in [-0.2, -0.15) is 8.42 Å². The second-order valence-corrected chi connectivity index (χ2v) is 6.47. The Morgan fingerprint density at radius 1 is 1.28 bits per heavy atom. The lowest BCUT2D eigenvalue weighted by molar-refractivity contribution is 0.486. The lowest BCUT2D eigenvalue weighted by Crippen LogP contribution is -2.15. The van der Waals surface area contributed by atoms with E-state index >= 15 is 0 Å². The monoisotopic (exact) mass is 268 g/mol. The van der Waals surface area contributed by atoms with Crippen LogP contribution < -0.4 is 4.18 Å². The second-order valence-electron chi connectivity index (χ2n) is 4.86. The molecule has 0 bridgehead atoms. The van der Waals surface area contributed by atoms with Crippen molar-refractivity contribution in [2.45, 2.75) is 32.6 Å². The summed E-state index contributed by atoms with van der Waals surface area (Å²) in [4.78, 5) is 0. The predicted octanol–water partition coefficient (Wildman–Crippen LogP) is 3.27. The summed E-state index contributed by atoms with van der Waals surface area (Å²) in [6, 6.07) is 7.19. The van der Waals surface area contributed by atoms with Gasteiger partial charge in [0.2, 0.25) is 0 Å². The van der Waals surface area contributed by atoms with E-state index in [1.807, 2.05) is 12.1 Å². The summed E-state index contributed by atoms with van der Waals surface area (Å²) in [6.07, 6.45) is 2.33. The van der Waals surface area contributed by atoms with Crippen molar-refractivity contribution in [3.63, 3.8) is 0 Å². The molecule has 1 aromatic carbocycles. The van der Waals surface area contributed by atoms with Gasteiger partial charge in [0, 0.05) is 0 Å². The smallest absolute Gasteiger partial charge is 0.312 e. The summed E-state index contributed by atoms with van der Waals surface area (Å²) >= 11 is 0. The average Bonchev–Trinajstić information content (AvgIpc) is 2.29. The molecule has 0 aliphatic rings. The van der Waals surface area contributed by atoms with Gasteiger partial charge in [-0.05, 0) is 29.5 Å². The summed E-state index contributed by atoms with van der Waals surface area (Å²) in [7, 11) is -3.56. The third-order valence-electron chi connectivity index (χ3n) is 3.06. The number of hydrogen-bond donors (Lipinski definition) is 0. The standard InChI is InChI=1S/C14H20O3S/c1-5-11-18(15,16)17-13-9-7-12(8-10-13)14(3,4)6-2/h5,7-10H,1,6,11H2,2-4H3. The van der Waals surface area contributed by atoms with Crippen LogP contribution in [-0.4, -0.2) is 14.2 Å². The van der Waals surface area contributed by atoms with E-state index in [9.17, 15) is 8.42 Å². The second kappa shape index (κ2) is 5.57. The molecule has 0 amide bonds. The van der Waals surface area contributed by atoms with Crippen molar-refractivity contribution in [2.24, 2.45) is 0 Å². The fraction of sp³-hybridized carbons (Fsp3) is 0.429. The zero-order chi connectivity index (χ0) is 13.8. The fourth-order valence-electron chi connectivity index (χ4n) is 1.49. The van der Waals surface area contributed by atoms with Crippen LogP contribution in [0, 0.1) is 0 Å². The zero-order valence-corrected chi connectivity index (χ0v) is 12.0. The first kappa shape index (κ1) is 14.8. The van der Waals surface area contributed by atoms with Gasteiger partial charge in [0.15, 0.2) is 0 Å². The van der Waals surface area contributed by atoms with Gasteiger partial charge in [-0.1, -0.05) is 39.0 Å². The Kier molecular flexibility index (Phi) is 4.57. The molecular formula is C14H20O3S. The van der Waals surface area contributed by atoms with Gasteiger partial charge in [-0.15, -0.1) is 6.58 Å². The summed E-state index contributed by atoms with van der Waals surface area (Å²) in [5.41, 5.74) is 1.25. The van der Waals surface area contributed by atoms with Gasteiger partial charge in [0.1, 0.15) is 11.5 Å². The zero-order valence-electron chi connectivity index (χ0n) is 11.1. The van der Waals surface area contributed by atoms with Crippen molar-refractivity contribution in [1.29, 1.82) is 0 Å². The topological polar surface area (TPSA) is 43.4 Å². The first-order chi connectivity index (χ1) is 8.30. The van der Waals surface area contributed by atoms with Crippen molar-refractivity contribution >= 4 is 10.1 Å². The van der Waals surface area contributed by atoms with Crippen LogP contribution in [0.2, 0.25) is 0 Å². The molecule has 1 aromatic rings. The van der Waals surface area contributed by atoms with E-state index in [0.717, 1.165) is 6.42 Å². The molecule has 18 heavy (non-hydrogen) atoms. The highest BCUT2D eigenvalue weighted by molar-refractivity contribution is 7.87. The summed E-state index contributed by atoms with van der Waals surface area (Å²) in [5, 5.41) is 0. The van der Waals surface area contributed by atoms with E-state index in [1.54, 1.807) is 12.1 Å². The van der Waals surface area contributed by atoms with Crippen molar-refractivity contribution in [2.75, 3.05) is 5.75 Å². The Hall–Kier alpha value is -1.29. The minimum absolute atomic E-state index is 0.0819. The normalized spacial score (nSPS) is 12.2. The van der Waals surface area contributed by atoms with Crippen LogP contribution in [0.5, 0.6) is 5.75 Å². The molecule has 0 spiro atoms. The van der Waals surface area contributed by atoms with E-state index in [2.05, 4.69) is 27.4 Å². The average molecular weight is 268 g/mol. The SMILES string of the molecule is C=CCS(=O)(=O)Oc1ccc(C(C)(C)CC)cc1. The molecule has 4 heteroatoms. The molecule has 0 unspecified atom stereocenters. The molecule has 0 saturated heterocycles. The molecule has 0 aliphatic carbocycles. The van der Waals surface area contributed by atoms with Crippen molar-refractivity contribution in [3.05, 3.63) is 42.5 Å². The summed E-state index contributed by atoms with van der Waals surface area (Å²) < 4.78 is 27.8. The van der Waals surface area contributed by atoms with Gasteiger partial charge < -0.3 is 4.18 Å². The molecule has 0 aliphatic heterocycles. The molecule has 0 atom stereocenters. The molecule has 0 heterocycles. The summed E-state index contributed by atoms with van der Waals surface area (Å²) in [5.74, 6) is 0.155. The van der Waals surface area contributed by atoms with E-state index in [4.69, 9.17) is 4.18 Å². The largest absolute Gasteiger partial charge is 0.382 e. The quantitative estimate of drug-likeness (QED) is 0.587. The minimum atomic E-state index is -3.56. The maximum absolute atomic E-state index is 11.4. The highest BCUT2D eigenvalue weighted by Crippen LogP contribution is 2.28. The predicted molar refractivity (Wildman–Crippen MR) is 74.4 cm³/mol. The molecule has 0 aromatic heterocycles. The molecule has 1 rings (SSSR count). The van der Waals surface area contributed by atoms with Gasteiger partial charge in [0.05, 0.1) is 0 Å². The van der Waals surface area contributed by atoms with Crippen LogP contribution in [0.4, 0.5) is 0 Å². The fourth-order valence-corrected chi connectivity index (χ4v) is 2.25. The van der Waals surface area contributed by atoms with E-state index in [-0.39, 0.29) is 11.2 Å². The number of benzene rings is 1. The highest BCUT2D eigenvalue weighted by atomic mass is 32.2. The van der Waals surface area contributed by atoms with Crippen LogP contribution in [0.15, 0.2) is 36.9 Å². The van der Waals surface area contributed by atoms with Crippen LogP contribution in [-0.2, 0) is 15.5 Å². The van der Waals surface area contributed by atoms with E-state index in [1.165, 1.54) is 11.6 Å². The van der Waals surface area contributed by atoms with Gasteiger partial charge >= 0.3 is 10.1 Å². The molecule has 3 nitrogen and oxygen atoms in total. The molecule has 100 valence electrons. The Morgan fingerprint density at radius 3 is 2.28 bits per heavy atom. The van der Waals surface area contributed by atoms with Crippen molar-refractivity contribution in [1.82, 2.24) is 0 Å². The van der Waals surface area contributed by atoms with Gasteiger partial charge in [-0.3, -0.25) is 0 Å². The summed E-state index contributed by atoms with van der Waals surface area (Å²) in [6.45, 7) is 9.81. The van der Waals surface area contributed by atoms with E-state index < -0.39 is 10.1 Å². The van der Waals surface area contributed by atoms with Crippen LogP contribution in [0.3, 0.4) is 0 Å². The number of hydrogen-bond acceptors (Lipinski definition) is 3. The molecular weight excluding hydrogens is 248 g/mol. The molecule has 0 radical (unpaired) electrons. The molecule has 0 saturated carbocycles. The Morgan fingerprint density at radius 2 is 1.83 bits per heavy atom. The highest BCUT2D eigenvalue weighted by Gasteiger charge is 2.18. The lowest BCUT2D eigenvalue weighted by Gasteiger charge is -2.23. The third kappa shape index (κ3) is 3.88. The third-order valence-corrected chi connectivity index (χ3v) is 4.16. The van der Waals surface area contributed by atoms with Crippen LogP contribution in [0.1, 0.15) is 32.8 Å². The van der Waals surface area contributed by atoms with Gasteiger partial charge in [0.25, 0.3) is 0 Å². The van der Waals surface area contributed by atoms with Crippen molar-refractivity contribution in [3.8, 4) is 5.75 Å². The Bertz CT molecular complexity index is 498. The molecule has 0 N–H and O–H groups in total. The Balaban J connectivity index is 2.88. The van der Waals surface area contributed by atoms with Crippen LogP contribution in [0.25, 0.3) is 0 Å². The number of rotatable bonds is 6.